The van der Waals surface area contributed by atoms with Crippen LogP contribution in [0, 0.1) is 10.5 Å². The van der Waals surface area contributed by atoms with Crippen molar-refractivity contribution < 1.29 is 9.90 Å². The Morgan fingerprint density at radius 1 is 1.21 bits per heavy atom. The van der Waals surface area contributed by atoms with Crippen molar-refractivity contribution in [2.45, 2.75) is 6.92 Å². The molecule has 0 fully saturated rings. The summed E-state index contributed by atoms with van der Waals surface area (Å²) in [4.78, 5) is 11.2. The summed E-state index contributed by atoms with van der Waals surface area (Å²) in [5, 5.41) is 12.4. The molecule has 0 unspecified atom stereocenters. The third-order valence-electron chi connectivity index (χ3n) is 2.67. The van der Waals surface area contributed by atoms with E-state index in [0.29, 0.717) is 5.69 Å². The molecule has 98 valence electrons. The van der Waals surface area contributed by atoms with Crippen LogP contribution in [0.4, 0.5) is 11.4 Å². The van der Waals surface area contributed by atoms with E-state index in [4.69, 9.17) is 0 Å². The van der Waals surface area contributed by atoms with Gasteiger partial charge in [0, 0.05) is 13.7 Å². The van der Waals surface area contributed by atoms with Crippen molar-refractivity contribution in [3.63, 3.8) is 0 Å². The Labute approximate surface area is 133 Å². The summed E-state index contributed by atoms with van der Waals surface area (Å²) in [5.74, 6) is -0.952. The lowest BCUT2D eigenvalue weighted by Gasteiger charge is -2.12. The molecule has 0 aliphatic heterocycles. The minimum atomic E-state index is -0.952. The molecule has 0 atom stereocenters. The van der Waals surface area contributed by atoms with E-state index in [1.54, 1.807) is 12.1 Å². The molecule has 2 N–H and O–H groups in total. The number of benzene rings is 2. The minimum absolute atomic E-state index is 0.243. The Kier molecular flexibility index (Phi) is 4.46. The molecule has 0 saturated carbocycles. The molecule has 0 radical (unpaired) electrons. The number of carbonyl (C=O) groups is 1. The van der Waals surface area contributed by atoms with Gasteiger partial charge in [0.1, 0.15) is 0 Å². The topological polar surface area (TPSA) is 49.3 Å². The van der Waals surface area contributed by atoms with E-state index in [1.807, 2.05) is 31.2 Å². The van der Waals surface area contributed by atoms with Gasteiger partial charge < -0.3 is 10.4 Å². The Hall–Kier alpha value is -1.08. The minimum Gasteiger partial charge on any atom is -0.478 e. The Bertz CT molecular complexity index is 643. The number of anilines is 2. The van der Waals surface area contributed by atoms with Gasteiger partial charge in [-0.3, -0.25) is 0 Å². The third kappa shape index (κ3) is 3.48. The Morgan fingerprint density at radius 3 is 2.53 bits per heavy atom. The first-order chi connectivity index (χ1) is 8.97. The van der Waals surface area contributed by atoms with Crippen LogP contribution in [0.25, 0.3) is 0 Å². The van der Waals surface area contributed by atoms with Crippen LogP contribution in [0.1, 0.15) is 15.9 Å². The predicted molar refractivity (Wildman–Crippen MR) is 88.3 cm³/mol. The average molecular weight is 432 g/mol. The number of hydrogen-bond donors (Lipinski definition) is 2. The molecule has 2 aromatic rings. The lowest BCUT2D eigenvalue weighted by molar-refractivity contribution is 0.0698. The number of nitrogens with one attached hydrogen (secondary N) is 1. The summed E-state index contributed by atoms with van der Waals surface area (Å²) in [6.45, 7) is 1.99. The highest BCUT2D eigenvalue weighted by Crippen LogP contribution is 2.27. The van der Waals surface area contributed by atoms with Gasteiger partial charge in [-0.05, 0) is 71.5 Å². The summed E-state index contributed by atoms with van der Waals surface area (Å²) in [6.07, 6.45) is 0. The molecule has 0 amide bonds. The molecular weight excluding hydrogens is 421 g/mol. The number of carboxylic acids is 1. The maximum Gasteiger partial charge on any atom is 0.337 e. The van der Waals surface area contributed by atoms with Crippen LogP contribution in [-0.4, -0.2) is 11.1 Å². The molecule has 19 heavy (non-hydrogen) atoms. The van der Waals surface area contributed by atoms with Crippen LogP contribution in [0.15, 0.2) is 40.9 Å². The smallest absolute Gasteiger partial charge is 0.337 e. The normalized spacial score (nSPS) is 10.3. The second-order valence-corrected chi connectivity index (χ2v) is 6.24. The zero-order chi connectivity index (χ0) is 14.0. The molecule has 0 aromatic heterocycles. The SMILES string of the molecule is Cc1cc(I)ccc1Nc1ccc(Br)cc1C(=O)O. The number of halogens is 2. The molecule has 0 bridgehead atoms. The van der Waals surface area contributed by atoms with Crippen molar-refractivity contribution in [1.82, 2.24) is 0 Å². The van der Waals surface area contributed by atoms with Gasteiger partial charge in [-0.15, -0.1) is 0 Å². The lowest BCUT2D eigenvalue weighted by Crippen LogP contribution is -2.03. The molecule has 5 heteroatoms. The fourth-order valence-electron chi connectivity index (χ4n) is 1.71. The van der Waals surface area contributed by atoms with Crippen LogP contribution in [0.3, 0.4) is 0 Å². The summed E-state index contributed by atoms with van der Waals surface area (Å²) in [5.41, 5.74) is 2.81. The van der Waals surface area contributed by atoms with Crippen molar-refractivity contribution in [3.05, 3.63) is 55.6 Å². The van der Waals surface area contributed by atoms with Gasteiger partial charge in [0.2, 0.25) is 0 Å². The largest absolute Gasteiger partial charge is 0.478 e. The van der Waals surface area contributed by atoms with Gasteiger partial charge in [-0.25, -0.2) is 4.79 Å². The van der Waals surface area contributed by atoms with E-state index < -0.39 is 5.97 Å². The van der Waals surface area contributed by atoms with Crippen molar-refractivity contribution in [3.8, 4) is 0 Å². The molecule has 2 rings (SSSR count). The standard InChI is InChI=1S/C14H11BrINO2/c1-8-6-10(16)3-5-12(8)17-13-4-2-9(15)7-11(13)14(18)19/h2-7,17H,1H3,(H,18,19). The fourth-order valence-corrected chi connectivity index (χ4v) is 2.72. The predicted octanol–water partition coefficient (Wildman–Crippen LogP) is 4.80. The van der Waals surface area contributed by atoms with E-state index >= 15 is 0 Å². The van der Waals surface area contributed by atoms with Gasteiger partial charge in [-0.1, -0.05) is 15.9 Å². The molecule has 0 aliphatic rings. The Balaban J connectivity index is 2.40. The van der Waals surface area contributed by atoms with Crippen LogP contribution in [0.5, 0.6) is 0 Å². The van der Waals surface area contributed by atoms with Gasteiger partial charge in [0.25, 0.3) is 0 Å². The first-order valence-corrected chi connectivity index (χ1v) is 7.40. The fraction of sp³-hybridized carbons (Fsp3) is 0.0714. The lowest BCUT2D eigenvalue weighted by atomic mass is 10.1. The van der Waals surface area contributed by atoms with E-state index in [1.165, 1.54) is 0 Å². The molecule has 0 aliphatic carbocycles. The van der Waals surface area contributed by atoms with E-state index in [2.05, 4.69) is 43.8 Å². The molecule has 0 heterocycles. The summed E-state index contributed by atoms with van der Waals surface area (Å²) < 4.78 is 1.89. The zero-order valence-corrected chi connectivity index (χ0v) is 13.8. The third-order valence-corrected chi connectivity index (χ3v) is 3.83. The summed E-state index contributed by atoms with van der Waals surface area (Å²) in [6, 6.07) is 11.1. The van der Waals surface area contributed by atoms with E-state index in [-0.39, 0.29) is 5.56 Å². The highest BCUT2D eigenvalue weighted by Gasteiger charge is 2.11. The summed E-state index contributed by atoms with van der Waals surface area (Å²) >= 11 is 5.53. The van der Waals surface area contributed by atoms with Gasteiger partial charge in [-0.2, -0.15) is 0 Å². The molecule has 0 saturated heterocycles. The molecule has 3 nitrogen and oxygen atoms in total. The highest BCUT2D eigenvalue weighted by molar-refractivity contribution is 14.1. The van der Waals surface area contributed by atoms with E-state index in [0.717, 1.165) is 19.3 Å². The summed E-state index contributed by atoms with van der Waals surface area (Å²) in [7, 11) is 0. The van der Waals surface area contributed by atoms with Gasteiger partial charge in [0.15, 0.2) is 0 Å². The van der Waals surface area contributed by atoms with Crippen molar-refractivity contribution >= 4 is 55.9 Å². The average Bonchev–Trinajstić information content (AvgIpc) is 2.34. The highest BCUT2D eigenvalue weighted by atomic mass is 127. The number of aryl methyl sites for hydroxylation is 1. The monoisotopic (exact) mass is 431 g/mol. The number of carboxylic acid groups (broad SMARTS) is 1. The number of rotatable bonds is 3. The zero-order valence-electron chi connectivity index (χ0n) is 10.1. The van der Waals surface area contributed by atoms with Crippen molar-refractivity contribution in [1.29, 1.82) is 0 Å². The van der Waals surface area contributed by atoms with Gasteiger partial charge >= 0.3 is 5.97 Å². The maximum atomic E-state index is 11.2. The molecule has 0 spiro atoms. The van der Waals surface area contributed by atoms with E-state index in [9.17, 15) is 9.90 Å². The molecular formula is C14H11BrINO2. The maximum absolute atomic E-state index is 11.2. The first kappa shape index (κ1) is 14.3. The Morgan fingerprint density at radius 2 is 1.89 bits per heavy atom. The van der Waals surface area contributed by atoms with Crippen molar-refractivity contribution in [2.75, 3.05) is 5.32 Å². The second-order valence-electron chi connectivity index (χ2n) is 4.08. The van der Waals surface area contributed by atoms with Gasteiger partial charge in [0.05, 0.1) is 11.3 Å². The molecule has 2 aromatic carbocycles. The van der Waals surface area contributed by atoms with Crippen LogP contribution in [0.2, 0.25) is 0 Å². The van der Waals surface area contributed by atoms with Crippen LogP contribution < -0.4 is 5.32 Å². The van der Waals surface area contributed by atoms with Crippen molar-refractivity contribution in [2.24, 2.45) is 0 Å². The van der Waals surface area contributed by atoms with Crippen LogP contribution >= 0.6 is 38.5 Å². The quantitative estimate of drug-likeness (QED) is 0.686. The second kappa shape index (κ2) is 5.92. The number of aromatic carboxylic acids is 1. The van der Waals surface area contributed by atoms with Crippen LogP contribution in [-0.2, 0) is 0 Å². The first-order valence-electron chi connectivity index (χ1n) is 5.53. The number of hydrogen-bond acceptors (Lipinski definition) is 2.